The summed E-state index contributed by atoms with van der Waals surface area (Å²) in [5, 5.41) is 9.85. The maximum Gasteiger partial charge on any atom is 0.259 e. The SMILES string of the molecule is Cc1cc(-c2nc3ccc(O)cc3c(=O)[nH]2)cc(C)c1C. The summed E-state index contributed by atoms with van der Waals surface area (Å²) >= 11 is 0. The summed E-state index contributed by atoms with van der Waals surface area (Å²) in [5.41, 5.74) is 4.79. The van der Waals surface area contributed by atoms with E-state index in [0.717, 1.165) is 5.56 Å². The lowest BCUT2D eigenvalue weighted by molar-refractivity contribution is 0.476. The van der Waals surface area contributed by atoms with Crippen molar-refractivity contribution in [3.8, 4) is 17.1 Å². The van der Waals surface area contributed by atoms with E-state index in [1.807, 2.05) is 26.0 Å². The van der Waals surface area contributed by atoms with Crippen molar-refractivity contribution in [3.63, 3.8) is 0 Å². The molecule has 0 saturated carbocycles. The number of benzene rings is 2. The van der Waals surface area contributed by atoms with Crippen molar-refractivity contribution in [2.45, 2.75) is 20.8 Å². The number of hydrogen-bond acceptors (Lipinski definition) is 3. The molecular formula is C17H16N2O2. The highest BCUT2D eigenvalue weighted by Crippen LogP contribution is 2.23. The number of hydrogen-bond donors (Lipinski definition) is 2. The summed E-state index contributed by atoms with van der Waals surface area (Å²) in [6.07, 6.45) is 0. The molecule has 0 amide bonds. The highest BCUT2D eigenvalue weighted by molar-refractivity contribution is 5.81. The molecule has 3 rings (SSSR count). The van der Waals surface area contributed by atoms with E-state index in [1.165, 1.54) is 28.8 Å². The molecule has 1 heterocycles. The molecule has 1 aromatic heterocycles. The number of aromatic nitrogens is 2. The molecular weight excluding hydrogens is 264 g/mol. The number of aromatic hydroxyl groups is 1. The van der Waals surface area contributed by atoms with Crippen LogP contribution in [0.4, 0.5) is 0 Å². The highest BCUT2D eigenvalue weighted by atomic mass is 16.3. The van der Waals surface area contributed by atoms with Crippen LogP contribution in [0.3, 0.4) is 0 Å². The summed E-state index contributed by atoms with van der Waals surface area (Å²) in [5.74, 6) is 0.606. The Bertz CT molecular complexity index is 887. The molecule has 2 aromatic carbocycles. The molecule has 0 bridgehead atoms. The van der Waals surface area contributed by atoms with Gasteiger partial charge in [0.15, 0.2) is 0 Å². The molecule has 0 spiro atoms. The smallest absolute Gasteiger partial charge is 0.259 e. The minimum atomic E-state index is -0.248. The minimum absolute atomic E-state index is 0.0598. The van der Waals surface area contributed by atoms with Crippen LogP contribution in [0.2, 0.25) is 0 Å². The Kier molecular flexibility index (Phi) is 3.01. The Morgan fingerprint density at radius 2 is 1.71 bits per heavy atom. The van der Waals surface area contributed by atoms with E-state index in [0.29, 0.717) is 16.7 Å². The summed E-state index contributed by atoms with van der Waals surface area (Å²) in [7, 11) is 0. The van der Waals surface area contributed by atoms with Crippen molar-refractivity contribution in [2.75, 3.05) is 0 Å². The zero-order valence-electron chi connectivity index (χ0n) is 12.2. The van der Waals surface area contributed by atoms with Gasteiger partial charge in [-0.2, -0.15) is 0 Å². The molecule has 21 heavy (non-hydrogen) atoms. The third-order valence-electron chi connectivity index (χ3n) is 3.89. The summed E-state index contributed by atoms with van der Waals surface area (Å²) in [6, 6.07) is 8.65. The molecule has 0 aliphatic carbocycles. The summed E-state index contributed by atoms with van der Waals surface area (Å²) in [6.45, 7) is 6.17. The fraction of sp³-hybridized carbons (Fsp3) is 0.176. The van der Waals surface area contributed by atoms with Gasteiger partial charge in [0.25, 0.3) is 5.56 Å². The first-order chi connectivity index (χ1) is 9.95. The van der Waals surface area contributed by atoms with Gasteiger partial charge in [0, 0.05) is 5.56 Å². The third kappa shape index (κ3) is 2.29. The van der Waals surface area contributed by atoms with Crippen LogP contribution in [0.15, 0.2) is 35.1 Å². The second-order valence-corrected chi connectivity index (χ2v) is 5.35. The Morgan fingerprint density at radius 1 is 1.05 bits per heavy atom. The van der Waals surface area contributed by atoms with Gasteiger partial charge in [-0.05, 0) is 67.8 Å². The molecule has 0 fully saturated rings. The molecule has 4 heteroatoms. The van der Waals surface area contributed by atoms with E-state index in [9.17, 15) is 9.90 Å². The molecule has 0 saturated heterocycles. The Labute approximate surface area is 122 Å². The predicted molar refractivity (Wildman–Crippen MR) is 83.7 cm³/mol. The number of phenolic OH excluding ortho intramolecular Hbond substituents is 1. The van der Waals surface area contributed by atoms with Gasteiger partial charge < -0.3 is 10.1 Å². The lowest BCUT2D eigenvalue weighted by Crippen LogP contribution is -2.09. The van der Waals surface area contributed by atoms with Crippen LogP contribution in [-0.2, 0) is 0 Å². The maximum absolute atomic E-state index is 12.2. The Morgan fingerprint density at radius 3 is 2.38 bits per heavy atom. The number of aryl methyl sites for hydroxylation is 2. The summed E-state index contributed by atoms with van der Waals surface area (Å²) < 4.78 is 0. The molecule has 0 aliphatic heterocycles. The molecule has 2 N–H and O–H groups in total. The molecule has 0 unspecified atom stereocenters. The fourth-order valence-corrected chi connectivity index (χ4v) is 2.44. The van der Waals surface area contributed by atoms with Gasteiger partial charge in [-0.15, -0.1) is 0 Å². The van der Waals surface area contributed by atoms with Crippen molar-refractivity contribution >= 4 is 10.9 Å². The van der Waals surface area contributed by atoms with Crippen molar-refractivity contribution in [2.24, 2.45) is 0 Å². The van der Waals surface area contributed by atoms with Gasteiger partial charge in [0.2, 0.25) is 0 Å². The van der Waals surface area contributed by atoms with E-state index in [-0.39, 0.29) is 11.3 Å². The molecule has 0 aliphatic rings. The van der Waals surface area contributed by atoms with Gasteiger partial charge in [-0.3, -0.25) is 4.79 Å². The van der Waals surface area contributed by atoms with Gasteiger partial charge >= 0.3 is 0 Å². The van der Waals surface area contributed by atoms with E-state index in [4.69, 9.17) is 0 Å². The number of nitrogens with one attached hydrogen (secondary N) is 1. The van der Waals surface area contributed by atoms with Crippen molar-refractivity contribution in [1.82, 2.24) is 9.97 Å². The number of phenols is 1. The number of nitrogens with zero attached hydrogens (tertiary/aromatic N) is 1. The average Bonchev–Trinajstić information content (AvgIpc) is 2.44. The number of H-pyrrole nitrogens is 1. The molecule has 0 atom stereocenters. The number of aromatic amines is 1. The van der Waals surface area contributed by atoms with E-state index >= 15 is 0 Å². The van der Waals surface area contributed by atoms with Gasteiger partial charge in [-0.25, -0.2) is 4.98 Å². The first kappa shape index (κ1) is 13.4. The molecule has 106 valence electrons. The van der Waals surface area contributed by atoms with Crippen molar-refractivity contribution < 1.29 is 5.11 Å². The molecule has 4 nitrogen and oxygen atoms in total. The quantitative estimate of drug-likeness (QED) is 0.719. The first-order valence-electron chi connectivity index (χ1n) is 6.77. The van der Waals surface area contributed by atoms with Crippen molar-refractivity contribution in [1.29, 1.82) is 0 Å². The van der Waals surface area contributed by atoms with Crippen molar-refractivity contribution in [3.05, 3.63) is 57.4 Å². The van der Waals surface area contributed by atoms with Crippen LogP contribution >= 0.6 is 0 Å². The second-order valence-electron chi connectivity index (χ2n) is 5.35. The van der Waals surface area contributed by atoms with E-state index in [2.05, 4.69) is 16.9 Å². The number of fused-ring (bicyclic) bond motifs is 1. The van der Waals surface area contributed by atoms with Gasteiger partial charge in [0.05, 0.1) is 10.9 Å². The van der Waals surface area contributed by atoms with Crippen LogP contribution in [0.5, 0.6) is 5.75 Å². The highest BCUT2D eigenvalue weighted by Gasteiger charge is 2.09. The third-order valence-corrected chi connectivity index (χ3v) is 3.89. The zero-order chi connectivity index (χ0) is 15.1. The molecule has 3 aromatic rings. The largest absolute Gasteiger partial charge is 0.508 e. The van der Waals surface area contributed by atoms with Crippen LogP contribution in [-0.4, -0.2) is 15.1 Å². The van der Waals surface area contributed by atoms with E-state index in [1.54, 1.807) is 6.07 Å². The predicted octanol–water partition coefficient (Wildman–Crippen LogP) is 3.22. The van der Waals surface area contributed by atoms with Crippen LogP contribution < -0.4 is 5.56 Å². The summed E-state index contributed by atoms with van der Waals surface area (Å²) in [4.78, 5) is 19.4. The monoisotopic (exact) mass is 280 g/mol. The standard InChI is InChI=1S/C17H16N2O2/c1-9-6-12(7-10(2)11(9)3)16-18-15-5-4-13(20)8-14(15)17(21)19-16/h4-8,20H,1-3H3,(H,18,19,21). The van der Waals surface area contributed by atoms with Gasteiger partial charge in [0.1, 0.15) is 11.6 Å². The van der Waals surface area contributed by atoms with Crippen LogP contribution in [0, 0.1) is 20.8 Å². The second kappa shape index (κ2) is 4.74. The van der Waals surface area contributed by atoms with E-state index < -0.39 is 0 Å². The average molecular weight is 280 g/mol. The number of rotatable bonds is 1. The van der Waals surface area contributed by atoms with Crippen LogP contribution in [0.1, 0.15) is 16.7 Å². The van der Waals surface area contributed by atoms with Gasteiger partial charge in [-0.1, -0.05) is 0 Å². The lowest BCUT2D eigenvalue weighted by atomic mass is 10.0. The lowest BCUT2D eigenvalue weighted by Gasteiger charge is -2.09. The molecule has 0 radical (unpaired) electrons. The minimum Gasteiger partial charge on any atom is -0.508 e. The Balaban J connectivity index is 2.27. The van der Waals surface area contributed by atoms with Crippen LogP contribution in [0.25, 0.3) is 22.3 Å². The zero-order valence-corrected chi connectivity index (χ0v) is 12.2. The first-order valence-corrected chi connectivity index (χ1v) is 6.77. The fourth-order valence-electron chi connectivity index (χ4n) is 2.44. The normalized spacial score (nSPS) is 11.0. The topological polar surface area (TPSA) is 66.0 Å². The maximum atomic E-state index is 12.2. The Hall–Kier alpha value is -2.62.